The minimum absolute atomic E-state index is 0.167. The van der Waals surface area contributed by atoms with Crippen molar-refractivity contribution in [2.45, 2.75) is 42.7 Å². The number of hydrogen-bond acceptors (Lipinski definition) is 3. The molecule has 0 aromatic heterocycles. The third-order valence-electron chi connectivity index (χ3n) is 3.63. The molecular formula is C13H18ClNO3S. The Morgan fingerprint density at radius 2 is 2.00 bits per heavy atom. The molecule has 1 aromatic rings. The van der Waals surface area contributed by atoms with Crippen LogP contribution < -0.4 is 0 Å². The molecule has 1 aliphatic carbocycles. The minimum atomic E-state index is -3.61. The molecule has 1 fully saturated rings. The molecule has 0 radical (unpaired) electrons. The highest BCUT2D eigenvalue weighted by Crippen LogP contribution is 2.27. The molecule has 0 aliphatic heterocycles. The van der Waals surface area contributed by atoms with Gasteiger partial charge < -0.3 is 5.11 Å². The van der Waals surface area contributed by atoms with Gasteiger partial charge in [0, 0.05) is 12.1 Å². The first-order valence-electron chi connectivity index (χ1n) is 6.34. The topological polar surface area (TPSA) is 57.6 Å². The number of aliphatic hydroxyl groups is 1. The van der Waals surface area contributed by atoms with E-state index in [4.69, 9.17) is 11.6 Å². The van der Waals surface area contributed by atoms with Crippen LogP contribution in [0, 0.1) is 0 Å². The maximum atomic E-state index is 12.5. The highest BCUT2D eigenvalue weighted by atomic mass is 35.5. The lowest BCUT2D eigenvalue weighted by Crippen LogP contribution is -2.46. The molecule has 0 saturated heterocycles. The third-order valence-corrected chi connectivity index (χ3v) is 5.75. The maximum absolute atomic E-state index is 12.5. The average molecular weight is 304 g/mol. The van der Waals surface area contributed by atoms with Crippen LogP contribution in [0.4, 0.5) is 0 Å². The summed E-state index contributed by atoms with van der Waals surface area (Å²) in [5.41, 5.74) is 0. The van der Waals surface area contributed by atoms with Gasteiger partial charge in [-0.25, -0.2) is 8.42 Å². The Hall–Kier alpha value is -0.620. The Kier molecular flexibility index (Phi) is 4.50. The van der Waals surface area contributed by atoms with Gasteiger partial charge in [0.05, 0.1) is 17.0 Å². The number of rotatable bonds is 3. The fraction of sp³-hybridized carbons (Fsp3) is 0.538. The van der Waals surface area contributed by atoms with E-state index in [2.05, 4.69) is 0 Å². The van der Waals surface area contributed by atoms with Gasteiger partial charge in [0.15, 0.2) is 0 Å². The number of nitrogens with zero attached hydrogens (tertiary/aromatic N) is 1. The van der Waals surface area contributed by atoms with Crippen LogP contribution in [0.1, 0.15) is 25.7 Å². The fourth-order valence-corrected chi connectivity index (χ4v) is 4.20. The van der Waals surface area contributed by atoms with Crippen molar-refractivity contribution in [3.63, 3.8) is 0 Å². The van der Waals surface area contributed by atoms with Crippen LogP contribution in [0.2, 0.25) is 5.02 Å². The maximum Gasteiger partial charge on any atom is 0.243 e. The Morgan fingerprint density at radius 3 is 2.63 bits per heavy atom. The van der Waals surface area contributed by atoms with E-state index >= 15 is 0 Å². The average Bonchev–Trinajstić information content (AvgIpc) is 2.38. The molecule has 0 amide bonds. The predicted octanol–water partition coefficient (Wildman–Crippen LogP) is 2.26. The molecule has 19 heavy (non-hydrogen) atoms. The highest BCUT2D eigenvalue weighted by Gasteiger charge is 2.34. The second-order valence-electron chi connectivity index (χ2n) is 4.90. The van der Waals surface area contributed by atoms with Gasteiger partial charge in [0.1, 0.15) is 0 Å². The van der Waals surface area contributed by atoms with Gasteiger partial charge in [-0.3, -0.25) is 0 Å². The summed E-state index contributed by atoms with van der Waals surface area (Å²) in [6.45, 7) is 0. The molecule has 1 saturated carbocycles. The SMILES string of the molecule is CN(C1CCCCC1O)S(=O)(=O)c1cccc(Cl)c1. The van der Waals surface area contributed by atoms with Crippen LogP contribution in [0.3, 0.4) is 0 Å². The van der Waals surface area contributed by atoms with Crippen molar-refractivity contribution in [1.82, 2.24) is 4.31 Å². The van der Waals surface area contributed by atoms with E-state index < -0.39 is 16.1 Å². The minimum Gasteiger partial charge on any atom is -0.391 e. The zero-order valence-corrected chi connectivity index (χ0v) is 12.4. The highest BCUT2D eigenvalue weighted by molar-refractivity contribution is 7.89. The van der Waals surface area contributed by atoms with Crippen LogP contribution in [0.5, 0.6) is 0 Å². The van der Waals surface area contributed by atoms with E-state index in [1.165, 1.54) is 23.5 Å². The second kappa shape index (κ2) is 5.79. The summed E-state index contributed by atoms with van der Waals surface area (Å²) in [7, 11) is -2.08. The zero-order valence-electron chi connectivity index (χ0n) is 10.8. The zero-order chi connectivity index (χ0) is 14.0. The van der Waals surface area contributed by atoms with E-state index in [0.29, 0.717) is 17.9 Å². The molecule has 1 aromatic carbocycles. The van der Waals surface area contributed by atoms with E-state index in [-0.39, 0.29) is 10.9 Å². The lowest BCUT2D eigenvalue weighted by Gasteiger charge is -2.34. The van der Waals surface area contributed by atoms with E-state index in [0.717, 1.165) is 12.8 Å². The number of sulfonamides is 1. The molecule has 0 heterocycles. The molecule has 0 bridgehead atoms. The van der Waals surface area contributed by atoms with Crippen LogP contribution in [-0.4, -0.2) is 37.0 Å². The van der Waals surface area contributed by atoms with Crippen molar-refractivity contribution < 1.29 is 13.5 Å². The van der Waals surface area contributed by atoms with Gasteiger partial charge in [-0.15, -0.1) is 0 Å². The molecule has 2 atom stereocenters. The summed E-state index contributed by atoms with van der Waals surface area (Å²) < 4.78 is 26.3. The van der Waals surface area contributed by atoms with Crippen LogP contribution in [0.25, 0.3) is 0 Å². The van der Waals surface area contributed by atoms with Crippen molar-refractivity contribution in [3.8, 4) is 0 Å². The fourth-order valence-electron chi connectivity index (χ4n) is 2.49. The normalized spacial score (nSPS) is 24.6. The van der Waals surface area contributed by atoms with Gasteiger partial charge in [-0.05, 0) is 31.0 Å². The quantitative estimate of drug-likeness (QED) is 0.932. The van der Waals surface area contributed by atoms with Gasteiger partial charge >= 0.3 is 0 Å². The van der Waals surface area contributed by atoms with E-state index in [9.17, 15) is 13.5 Å². The smallest absolute Gasteiger partial charge is 0.243 e. The van der Waals surface area contributed by atoms with Crippen LogP contribution in [-0.2, 0) is 10.0 Å². The standard InChI is InChI=1S/C13H18ClNO3S/c1-15(12-7-2-3-8-13(12)16)19(17,18)11-6-4-5-10(14)9-11/h4-6,9,12-13,16H,2-3,7-8H2,1H3. The first kappa shape index (κ1) is 14.8. The summed E-state index contributed by atoms with van der Waals surface area (Å²) >= 11 is 5.84. The molecule has 1 aliphatic rings. The lowest BCUT2D eigenvalue weighted by molar-refractivity contribution is 0.0638. The first-order chi connectivity index (χ1) is 8.93. The second-order valence-corrected chi connectivity index (χ2v) is 7.33. The Bertz CT molecular complexity index is 547. The third kappa shape index (κ3) is 3.11. The number of aliphatic hydroxyl groups excluding tert-OH is 1. The number of likely N-dealkylation sites (N-methyl/N-ethyl adjacent to an activating group) is 1. The van der Waals surface area contributed by atoms with Crippen molar-refractivity contribution in [2.24, 2.45) is 0 Å². The Balaban J connectivity index is 2.28. The monoisotopic (exact) mass is 303 g/mol. The molecule has 2 unspecified atom stereocenters. The Labute approximate surface area is 119 Å². The van der Waals surface area contributed by atoms with Crippen molar-refractivity contribution in [2.75, 3.05) is 7.05 Å². The molecule has 2 rings (SSSR count). The van der Waals surface area contributed by atoms with E-state index in [1.807, 2.05) is 0 Å². The van der Waals surface area contributed by atoms with E-state index in [1.54, 1.807) is 12.1 Å². The van der Waals surface area contributed by atoms with Crippen LogP contribution in [0.15, 0.2) is 29.2 Å². The van der Waals surface area contributed by atoms with Crippen LogP contribution >= 0.6 is 11.6 Å². The molecule has 1 N–H and O–H groups in total. The summed E-state index contributed by atoms with van der Waals surface area (Å²) in [5.74, 6) is 0. The lowest BCUT2D eigenvalue weighted by atomic mass is 9.93. The Morgan fingerprint density at radius 1 is 1.32 bits per heavy atom. The summed E-state index contributed by atoms with van der Waals surface area (Å²) in [6, 6.07) is 5.85. The van der Waals surface area contributed by atoms with Crippen molar-refractivity contribution in [3.05, 3.63) is 29.3 Å². The van der Waals surface area contributed by atoms with Gasteiger partial charge in [-0.2, -0.15) is 4.31 Å². The molecule has 106 valence electrons. The van der Waals surface area contributed by atoms with Gasteiger partial charge in [-0.1, -0.05) is 30.5 Å². The van der Waals surface area contributed by atoms with Crippen molar-refractivity contribution in [1.29, 1.82) is 0 Å². The van der Waals surface area contributed by atoms with Gasteiger partial charge in [0.25, 0.3) is 0 Å². The predicted molar refractivity (Wildman–Crippen MR) is 74.7 cm³/mol. The van der Waals surface area contributed by atoms with Gasteiger partial charge in [0.2, 0.25) is 10.0 Å². The summed E-state index contributed by atoms with van der Waals surface area (Å²) in [4.78, 5) is 0.167. The summed E-state index contributed by atoms with van der Waals surface area (Å²) in [6.07, 6.45) is 2.64. The molecule has 0 spiro atoms. The molecular weight excluding hydrogens is 286 g/mol. The summed E-state index contributed by atoms with van der Waals surface area (Å²) in [5, 5.41) is 10.4. The number of halogens is 1. The molecule has 4 nitrogen and oxygen atoms in total. The largest absolute Gasteiger partial charge is 0.391 e. The first-order valence-corrected chi connectivity index (χ1v) is 8.16. The van der Waals surface area contributed by atoms with Crippen molar-refractivity contribution >= 4 is 21.6 Å². The molecule has 6 heteroatoms. The number of benzene rings is 1. The number of hydrogen-bond donors (Lipinski definition) is 1.